The highest BCUT2D eigenvalue weighted by atomic mass is 16.5. The summed E-state index contributed by atoms with van der Waals surface area (Å²) in [7, 11) is 1.64. The zero-order valence-electron chi connectivity index (χ0n) is 13.7. The average molecular weight is 289 g/mol. The van der Waals surface area contributed by atoms with Gasteiger partial charge in [0.1, 0.15) is 5.75 Å². The molecule has 0 radical (unpaired) electrons. The summed E-state index contributed by atoms with van der Waals surface area (Å²) in [6, 6.07) is 5.88. The van der Waals surface area contributed by atoms with Gasteiger partial charge in [0, 0.05) is 0 Å². The third-order valence-corrected chi connectivity index (χ3v) is 4.82. The van der Waals surface area contributed by atoms with E-state index >= 15 is 0 Å². The van der Waals surface area contributed by atoms with Crippen LogP contribution in [0, 0.1) is 6.92 Å². The fraction of sp³-hybridized carbons (Fsp3) is 0.611. The molecule has 0 saturated heterocycles. The lowest BCUT2D eigenvalue weighted by Gasteiger charge is -2.39. The molecule has 0 amide bonds. The van der Waals surface area contributed by atoms with Crippen molar-refractivity contribution >= 4 is 5.78 Å². The first-order valence-electron chi connectivity index (χ1n) is 8.03. The molecule has 1 aliphatic carbocycles. The van der Waals surface area contributed by atoms with Crippen LogP contribution < -0.4 is 4.74 Å². The van der Waals surface area contributed by atoms with E-state index in [9.17, 15) is 4.79 Å². The van der Waals surface area contributed by atoms with E-state index in [2.05, 4.69) is 18.7 Å². The topological polar surface area (TPSA) is 29.5 Å². The number of carbonyl (C=O) groups excluding carboxylic acids is 1. The highest BCUT2D eigenvalue weighted by Crippen LogP contribution is 2.39. The second-order valence-corrected chi connectivity index (χ2v) is 5.94. The summed E-state index contributed by atoms with van der Waals surface area (Å²) >= 11 is 0. The van der Waals surface area contributed by atoms with Crippen LogP contribution in [0.15, 0.2) is 18.2 Å². The molecule has 0 unspecified atom stereocenters. The van der Waals surface area contributed by atoms with Gasteiger partial charge < -0.3 is 4.74 Å². The number of carbonyl (C=O) groups is 1. The minimum atomic E-state index is -0.329. The lowest BCUT2D eigenvalue weighted by atomic mass is 9.84. The van der Waals surface area contributed by atoms with E-state index in [4.69, 9.17) is 4.74 Å². The second kappa shape index (κ2) is 6.61. The third kappa shape index (κ3) is 2.84. The van der Waals surface area contributed by atoms with Crippen LogP contribution in [0.1, 0.15) is 55.5 Å². The van der Waals surface area contributed by atoms with Gasteiger partial charge in [0.25, 0.3) is 0 Å². The second-order valence-electron chi connectivity index (χ2n) is 5.94. The van der Waals surface area contributed by atoms with Crippen LogP contribution in [0.25, 0.3) is 0 Å². The van der Waals surface area contributed by atoms with E-state index in [0.29, 0.717) is 5.75 Å². The summed E-state index contributed by atoms with van der Waals surface area (Å²) in [5.74, 6) is 0.938. The molecule has 0 bridgehead atoms. The third-order valence-electron chi connectivity index (χ3n) is 4.82. The zero-order valence-corrected chi connectivity index (χ0v) is 13.7. The number of ether oxygens (including phenoxy) is 1. The molecule has 1 saturated carbocycles. The van der Waals surface area contributed by atoms with Crippen molar-refractivity contribution in [2.24, 2.45) is 0 Å². The number of benzene rings is 1. The van der Waals surface area contributed by atoms with Gasteiger partial charge in [0.2, 0.25) is 0 Å². The lowest BCUT2D eigenvalue weighted by Crippen LogP contribution is -2.52. The number of Topliss-reactive ketones (excluding diaryl/α,β-unsaturated/α-hetero) is 1. The Morgan fingerprint density at radius 3 is 2.38 bits per heavy atom. The van der Waals surface area contributed by atoms with Crippen molar-refractivity contribution in [3.8, 4) is 5.75 Å². The first-order valence-corrected chi connectivity index (χ1v) is 8.03. The summed E-state index contributed by atoms with van der Waals surface area (Å²) < 4.78 is 5.43. The first-order chi connectivity index (χ1) is 10.1. The Balaban J connectivity index is 2.46. The number of rotatable bonds is 6. The molecule has 0 N–H and O–H groups in total. The van der Waals surface area contributed by atoms with E-state index in [-0.39, 0.29) is 11.3 Å². The number of aryl methyl sites for hydroxylation is 1. The molecule has 0 aromatic heterocycles. The molecule has 21 heavy (non-hydrogen) atoms. The summed E-state index contributed by atoms with van der Waals surface area (Å²) in [5.41, 5.74) is 1.52. The van der Waals surface area contributed by atoms with Crippen LogP contribution in [-0.2, 0) is 0 Å². The minimum Gasteiger partial charge on any atom is -0.496 e. The Morgan fingerprint density at radius 2 is 1.86 bits per heavy atom. The summed E-state index contributed by atoms with van der Waals surface area (Å²) in [4.78, 5) is 15.7. The maximum atomic E-state index is 13.3. The van der Waals surface area contributed by atoms with E-state index in [1.54, 1.807) is 7.11 Å². The molecule has 0 heterocycles. The van der Waals surface area contributed by atoms with Crippen molar-refractivity contribution in [3.63, 3.8) is 0 Å². The molecule has 1 aromatic carbocycles. The lowest BCUT2D eigenvalue weighted by molar-refractivity contribution is 0.0581. The molecule has 3 heteroatoms. The van der Waals surface area contributed by atoms with E-state index in [1.807, 2.05) is 25.1 Å². The summed E-state index contributed by atoms with van der Waals surface area (Å²) in [6.45, 7) is 8.14. The molecule has 1 aliphatic rings. The van der Waals surface area contributed by atoms with E-state index in [0.717, 1.165) is 49.9 Å². The van der Waals surface area contributed by atoms with Gasteiger partial charge >= 0.3 is 0 Å². The minimum absolute atomic E-state index is 0.240. The Labute approximate surface area is 128 Å². The fourth-order valence-corrected chi connectivity index (χ4v) is 3.73. The summed E-state index contributed by atoms with van der Waals surface area (Å²) in [5, 5.41) is 0. The van der Waals surface area contributed by atoms with Gasteiger partial charge in [-0.15, -0.1) is 0 Å². The first kappa shape index (κ1) is 16.0. The van der Waals surface area contributed by atoms with E-state index < -0.39 is 0 Å². The molecule has 0 atom stereocenters. The van der Waals surface area contributed by atoms with Gasteiger partial charge in [-0.1, -0.05) is 38.3 Å². The van der Waals surface area contributed by atoms with Crippen molar-refractivity contribution in [2.45, 2.75) is 52.0 Å². The van der Waals surface area contributed by atoms with E-state index in [1.165, 1.54) is 0 Å². The van der Waals surface area contributed by atoms with Crippen molar-refractivity contribution in [2.75, 3.05) is 20.2 Å². The fourth-order valence-electron chi connectivity index (χ4n) is 3.73. The van der Waals surface area contributed by atoms with Crippen LogP contribution in [0.2, 0.25) is 0 Å². The molecule has 116 valence electrons. The maximum absolute atomic E-state index is 13.3. The van der Waals surface area contributed by atoms with Crippen LogP contribution in [0.4, 0.5) is 0 Å². The number of likely N-dealkylation sites (N-methyl/N-ethyl adjacent to an activating group) is 1. The van der Waals surface area contributed by atoms with Gasteiger partial charge in [0.05, 0.1) is 18.2 Å². The molecule has 1 fully saturated rings. The predicted molar refractivity (Wildman–Crippen MR) is 86.2 cm³/mol. The number of hydrogen-bond donors (Lipinski definition) is 0. The predicted octanol–water partition coefficient (Wildman–Crippen LogP) is 3.84. The Kier molecular flexibility index (Phi) is 5.04. The van der Waals surface area contributed by atoms with Crippen LogP contribution in [0.5, 0.6) is 5.75 Å². The smallest absolute Gasteiger partial charge is 0.186 e. The number of ketones is 1. The SMILES string of the molecule is CCN(CC)C1(C(=O)c2cc(C)ccc2OC)CCCC1. The molecule has 0 spiro atoms. The van der Waals surface area contributed by atoms with Gasteiger partial charge in [0.15, 0.2) is 5.78 Å². The Bertz CT molecular complexity index is 500. The quantitative estimate of drug-likeness (QED) is 0.745. The molecular formula is C18H27NO2. The number of hydrogen-bond acceptors (Lipinski definition) is 3. The average Bonchev–Trinajstić information content (AvgIpc) is 2.98. The maximum Gasteiger partial charge on any atom is 0.186 e. The molecule has 2 rings (SSSR count). The van der Waals surface area contributed by atoms with Gasteiger partial charge in [-0.2, -0.15) is 0 Å². The molecule has 0 aliphatic heterocycles. The molecule has 3 nitrogen and oxygen atoms in total. The Morgan fingerprint density at radius 1 is 1.24 bits per heavy atom. The summed E-state index contributed by atoms with van der Waals surface area (Å²) in [6.07, 6.45) is 4.20. The zero-order chi connectivity index (χ0) is 15.5. The molecular weight excluding hydrogens is 262 g/mol. The highest BCUT2D eigenvalue weighted by molar-refractivity contribution is 6.05. The van der Waals surface area contributed by atoms with Crippen molar-refractivity contribution in [1.82, 2.24) is 4.90 Å². The van der Waals surface area contributed by atoms with Crippen LogP contribution in [-0.4, -0.2) is 36.4 Å². The highest BCUT2D eigenvalue weighted by Gasteiger charge is 2.45. The van der Waals surface area contributed by atoms with Gasteiger partial charge in [-0.05, 0) is 45.0 Å². The normalized spacial score (nSPS) is 17.2. The monoisotopic (exact) mass is 289 g/mol. The van der Waals surface area contributed by atoms with Gasteiger partial charge in [-0.25, -0.2) is 0 Å². The van der Waals surface area contributed by atoms with Gasteiger partial charge in [-0.3, -0.25) is 9.69 Å². The number of nitrogens with zero attached hydrogens (tertiary/aromatic N) is 1. The largest absolute Gasteiger partial charge is 0.496 e. The van der Waals surface area contributed by atoms with Crippen molar-refractivity contribution in [3.05, 3.63) is 29.3 Å². The van der Waals surface area contributed by atoms with Crippen LogP contribution in [0.3, 0.4) is 0 Å². The van der Waals surface area contributed by atoms with Crippen molar-refractivity contribution < 1.29 is 9.53 Å². The number of methoxy groups -OCH3 is 1. The van der Waals surface area contributed by atoms with Crippen molar-refractivity contribution in [1.29, 1.82) is 0 Å². The Hall–Kier alpha value is -1.35. The molecule has 1 aromatic rings. The standard InChI is InChI=1S/C18H27NO2/c1-5-19(6-2)18(11-7-8-12-18)17(20)15-13-14(3)9-10-16(15)21-4/h9-10,13H,5-8,11-12H2,1-4H3. The van der Waals surface area contributed by atoms with Crippen LogP contribution >= 0.6 is 0 Å².